The number of nitriles is 1. The molecule has 2 aromatic carbocycles. The Morgan fingerprint density at radius 2 is 1.74 bits per heavy atom. The number of anilines is 1. The average molecular weight is 250 g/mol. The summed E-state index contributed by atoms with van der Waals surface area (Å²) in [5.41, 5.74) is 5.61. The van der Waals surface area contributed by atoms with Crippen molar-refractivity contribution in [3.05, 3.63) is 64.7 Å². The van der Waals surface area contributed by atoms with E-state index in [2.05, 4.69) is 50.4 Å². The Kier molecular flexibility index (Phi) is 3.87. The predicted molar refractivity (Wildman–Crippen MR) is 79.1 cm³/mol. The van der Waals surface area contributed by atoms with Crippen LogP contribution in [0.2, 0.25) is 0 Å². The van der Waals surface area contributed by atoms with Crippen LogP contribution in [0, 0.1) is 25.2 Å². The first kappa shape index (κ1) is 13.2. The molecule has 0 amide bonds. The van der Waals surface area contributed by atoms with Crippen LogP contribution in [0.3, 0.4) is 0 Å². The van der Waals surface area contributed by atoms with Crippen molar-refractivity contribution in [1.82, 2.24) is 0 Å². The van der Waals surface area contributed by atoms with Crippen molar-refractivity contribution >= 4 is 5.69 Å². The Morgan fingerprint density at radius 1 is 1.05 bits per heavy atom. The summed E-state index contributed by atoms with van der Waals surface area (Å²) < 4.78 is 0. The number of nitrogens with one attached hydrogen (secondary N) is 1. The Labute approximate surface area is 114 Å². The summed E-state index contributed by atoms with van der Waals surface area (Å²) in [6.45, 7) is 6.37. The van der Waals surface area contributed by atoms with Crippen molar-refractivity contribution in [2.24, 2.45) is 0 Å². The molecule has 19 heavy (non-hydrogen) atoms. The standard InChI is InChI=1S/C17H18N2/c1-12-5-4-6-17(13(12)2)19-14(3)16-9-7-15(11-18)8-10-16/h4-10,14,19H,1-3H3. The van der Waals surface area contributed by atoms with Gasteiger partial charge in [0.05, 0.1) is 11.6 Å². The van der Waals surface area contributed by atoms with Crippen molar-refractivity contribution in [2.45, 2.75) is 26.8 Å². The number of nitrogens with zero attached hydrogens (tertiary/aromatic N) is 1. The highest BCUT2D eigenvalue weighted by atomic mass is 14.9. The van der Waals surface area contributed by atoms with Crippen molar-refractivity contribution < 1.29 is 0 Å². The van der Waals surface area contributed by atoms with Crippen LogP contribution < -0.4 is 5.32 Å². The molecule has 2 nitrogen and oxygen atoms in total. The molecule has 0 saturated carbocycles. The summed E-state index contributed by atoms with van der Waals surface area (Å²) in [7, 11) is 0. The van der Waals surface area contributed by atoms with Crippen LogP contribution >= 0.6 is 0 Å². The maximum atomic E-state index is 8.80. The summed E-state index contributed by atoms with van der Waals surface area (Å²) in [5.74, 6) is 0. The van der Waals surface area contributed by atoms with Gasteiger partial charge in [-0.2, -0.15) is 5.26 Å². The second-order valence-corrected chi connectivity index (χ2v) is 4.85. The summed E-state index contributed by atoms with van der Waals surface area (Å²) >= 11 is 0. The fraction of sp³-hybridized carbons (Fsp3) is 0.235. The van der Waals surface area contributed by atoms with Crippen LogP contribution in [0.4, 0.5) is 5.69 Å². The predicted octanol–water partition coefficient (Wildman–Crippen LogP) is 4.35. The topological polar surface area (TPSA) is 35.8 Å². The summed E-state index contributed by atoms with van der Waals surface area (Å²) in [6, 6.07) is 16.4. The number of rotatable bonds is 3. The Hall–Kier alpha value is -2.27. The third-order valence-corrected chi connectivity index (χ3v) is 3.52. The van der Waals surface area contributed by atoms with Crippen molar-refractivity contribution in [3.8, 4) is 6.07 Å². The lowest BCUT2D eigenvalue weighted by atomic mass is 10.0. The molecule has 2 heteroatoms. The summed E-state index contributed by atoms with van der Waals surface area (Å²) in [4.78, 5) is 0. The van der Waals surface area contributed by atoms with Crippen LogP contribution in [0.1, 0.15) is 35.2 Å². The monoisotopic (exact) mass is 250 g/mol. The van der Waals surface area contributed by atoms with Gasteiger partial charge in [0, 0.05) is 11.7 Å². The Bertz CT molecular complexity index is 606. The number of hydrogen-bond donors (Lipinski definition) is 1. The lowest BCUT2D eigenvalue weighted by Gasteiger charge is -2.18. The van der Waals surface area contributed by atoms with E-state index in [1.54, 1.807) is 0 Å². The van der Waals surface area contributed by atoms with E-state index in [1.165, 1.54) is 16.7 Å². The highest BCUT2D eigenvalue weighted by Gasteiger charge is 2.07. The normalized spacial score (nSPS) is 11.7. The minimum Gasteiger partial charge on any atom is -0.378 e. The van der Waals surface area contributed by atoms with Crippen molar-refractivity contribution in [2.75, 3.05) is 5.32 Å². The van der Waals surface area contributed by atoms with Crippen LogP contribution in [-0.4, -0.2) is 0 Å². The van der Waals surface area contributed by atoms with Gasteiger partial charge in [0.15, 0.2) is 0 Å². The van der Waals surface area contributed by atoms with E-state index in [4.69, 9.17) is 5.26 Å². The molecule has 0 aliphatic rings. The molecule has 0 radical (unpaired) electrons. The van der Waals surface area contributed by atoms with Gasteiger partial charge in [0.2, 0.25) is 0 Å². The first-order valence-electron chi connectivity index (χ1n) is 6.44. The zero-order valence-electron chi connectivity index (χ0n) is 11.6. The van der Waals surface area contributed by atoms with Gasteiger partial charge in [-0.3, -0.25) is 0 Å². The minimum absolute atomic E-state index is 0.216. The molecule has 0 heterocycles. The molecule has 0 spiro atoms. The van der Waals surface area contributed by atoms with Gasteiger partial charge in [0.1, 0.15) is 0 Å². The van der Waals surface area contributed by atoms with Crippen LogP contribution in [0.15, 0.2) is 42.5 Å². The fourth-order valence-electron chi connectivity index (χ4n) is 2.07. The molecule has 2 aromatic rings. The molecule has 1 unspecified atom stereocenters. The Balaban J connectivity index is 2.18. The molecule has 0 aromatic heterocycles. The van der Waals surface area contributed by atoms with Gasteiger partial charge in [-0.05, 0) is 55.7 Å². The molecule has 0 aliphatic carbocycles. The third kappa shape index (κ3) is 2.95. The maximum absolute atomic E-state index is 8.80. The van der Waals surface area contributed by atoms with Crippen LogP contribution in [0.5, 0.6) is 0 Å². The number of hydrogen-bond acceptors (Lipinski definition) is 2. The molecule has 0 bridgehead atoms. The number of benzene rings is 2. The number of aryl methyl sites for hydroxylation is 1. The highest BCUT2D eigenvalue weighted by Crippen LogP contribution is 2.24. The van der Waals surface area contributed by atoms with E-state index >= 15 is 0 Å². The molecule has 0 aliphatic heterocycles. The quantitative estimate of drug-likeness (QED) is 0.879. The lowest BCUT2D eigenvalue weighted by molar-refractivity contribution is 0.881. The van der Waals surface area contributed by atoms with Crippen molar-refractivity contribution in [1.29, 1.82) is 5.26 Å². The van der Waals surface area contributed by atoms with Gasteiger partial charge in [-0.15, -0.1) is 0 Å². The van der Waals surface area contributed by atoms with Gasteiger partial charge in [0.25, 0.3) is 0 Å². The first-order valence-corrected chi connectivity index (χ1v) is 6.44. The SMILES string of the molecule is Cc1cccc(NC(C)c2ccc(C#N)cc2)c1C. The molecular weight excluding hydrogens is 232 g/mol. The highest BCUT2D eigenvalue weighted by molar-refractivity contribution is 5.55. The van der Waals surface area contributed by atoms with Gasteiger partial charge in [-0.25, -0.2) is 0 Å². The largest absolute Gasteiger partial charge is 0.378 e. The van der Waals surface area contributed by atoms with E-state index in [1.807, 2.05) is 24.3 Å². The zero-order valence-corrected chi connectivity index (χ0v) is 11.6. The van der Waals surface area contributed by atoms with Crippen molar-refractivity contribution in [3.63, 3.8) is 0 Å². The smallest absolute Gasteiger partial charge is 0.0991 e. The zero-order chi connectivity index (χ0) is 13.8. The lowest BCUT2D eigenvalue weighted by Crippen LogP contribution is -2.08. The van der Waals surface area contributed by atoms with E-state index < -0.39 is 0 Å². The molecular formula is C17H18N2. The van der Waals surface area contributed by atoms with E-state index in [-0.39, 0.29) is 6.04 Å². The second-order valence-electron chi connectivity index (χ2n) is 4.85. The molecule has 1 N–H and O–H groups in total. The van der Waals surface area contributed by atoms with Crippen LogP contribution in [0.25, 0.3) is 0 Å². The third-order valence-electron chi connectivity index (χ3n) is 3.52. The molecule has 1 atom stereocenters. The average Bonchev–Trinajstić information content (AvgIpc) is 2.44. The summed E-state index contributed by atoms with van der Waals surface area (Å²) in [5, 5.41) is 12.3. The van der Waals surface area contributed by atoms with E-state index in [0.717, 1.165) is 5.69 Å². The van der Waals surface area contributed by atoms with Gasteiger partial charge >= 0.3 is 0 Å². The molecule has 0 saturated heterocycles. The summed E-state index contributed by atoms with van der Waals surface area (Å²) in [6.07, 6.45) is 0. The minimum atomic E-state index is 0.216. The van der Waals surface area contributed by atoms with E-state index in [0.29, 0.717) is 5.56 Å². The fourth-order valence-corrected chi connectivity index (χ4v) is 2.07. The Morgan fingerprint density at radius 3 is 2.37 bits per heavy atom. The molecule has 96 valence electrons. The van der Waals surface area contributed by atoms with Crippen LogP contribution in [-0.2, 0) is 0 Å². The first-order chi connectivity index (χ1) is 9.11. The van der Waals surface area contributed by atoms with Gasteiger partial charge in [-0.1, -0.05) is 24.3 Å². The van der Waals surface area contributed by atoms with E-state index in [9.17, 15) is 0 Å². The molecule has 2 rings (SSSR count). The second kappa shape index (κ2) is 5.58. The van der Waals surface area contributed by atoms with Gasteiger partial charge < -0.3 is 5.32 Å². The molecule has 0 fully saturated rings. The maximum Gasteiger partial charge on any atom is 0.0991 e.